The van der Waals surface area contributed by atoms with Crippen LogP contribution in [-0.2, 0) is 5.41 Å². The van der Waals surface area contributed by atoms with Gasteiger partial charge in [0.2, 0.25) is 0 Å². The molecule has 2 rings (SSSR count). The molecule has 0 unspecified atom stereocenters. The Morgan fingerprint density at radius 3 is 2.63 bits per heavy atom. The number of anilines is 1. The maximum Gasteiger partial charge on any atom is 0.161 e. The summed E-state index contributed by atoms with van der Waals surface area (Å²) in [5, 5.41) is 7.42. The minimum Gasteiger partial charge on any atom is -0.370 e. The van der Waals surface area contributed by atoms with Gasteiger partial charge in [-0.3, -0.25) is 0 Å². The fourth-order valence-corrected chi connectivity index (χ4v) is 1.56. The van der Waals surface area contributed by atoms with E-state index in [0.717, 1.165) is 30.4 Å². The van der Waals surface area contributed by atoms with Gasteiger partial charge < -0.3 is 5.32 Å². The van der Waals surface area contributed by atoms with Crippen LogP contribution in [0, 0.1) is 0 Å². The highest BCUT2D eigenvalue weighted by Crippen LogP contribution is 2.21. The molecule has 6 heteroatoms. The van der Waals surface area contributed by atoms with Gasteiger partial charge in [-0.05, 0) is 6.42 Å². The molecule has 2 heterocycles. The van der Waals surface area contributed by atoms with Gasteiger partial charge in [0.1, 0.15) is 24.3 Å². The number of aromatic nitrogens is 5. The highest BCUT2D eigenvalue weighted by molar-refractivity contribution is 5.42. The van der Waals surface area contributed by atoms with E-state index in [4.69, 9.17) is 0 Å². The second kappa shape index (κ2) is 5.34. The summed E-state index contributed by atoms with van der Waals surface area (Å²) in [4.78, 5) is 13.1. The number of hydrogen-bond donors (Lipinski definition) is 1. The van der Waals surface area contributed by atoms with Crippen molar-refractivity contribution in [2.45, 2.75) is 39.5 Å². The third kappa shape index (κ3) is 3.27. The Morgan fingerprint density at radius 1 is 1.26 bits per heavy atom. The van der Waals surface area contributed by atoms with Crippen molar-refractivity contribution in [3.05, 3.63) is 24.5 Å². The van der Waals surface area contributed by atoms with Crippen molar-refractivity contribution < 1.29 is 0 Å². The zero-order valence-corrected chi connectivity index (χ0v) is 11.9. The fraction of sp³-hybridized carbons (Fsp3) is 0.538. The molecule has 2 aromatic heterocycles. The predicted molar refractivity (Wildman–Crippen MR) is 74.4 cm³/mol. The lowest BCUT2D eigenvalue weighted by Gasteiger charge is -2.18. The summed E-state index contributed by atoms with van der Waals surface area (Å²) in [5.74, 6) is 2.35. The lowest BCUT2D eigenvalue weighted by atomic mass is 9.96. The zero-order valence-electron chi connectivity index (χ0n) is 11.9. The predicted octanol–water partition coefficient (Wildman–Crippen LogP) is 2.18. The van der Waals surface area contributed by atoms with Crippen LogP contribution >= 0.6 is 0 Å². The number of rotatable bonds is 4. The van der Waals surface area contributed by atoms with Gasteiger partial charge >= 0.3 is 0 Å². The molecule has 6 nitrogen and oxygen atoms in total. The SMILES string of the molecule is CCCNc1cc(-n2cncn2)nc(C(C)(C)C)n1. The molecule has 0 radical (unpaired) electrons. The standard InChI is InChI=1S/C13H20N6/c1-5-6-15-10-7-11(19-9-14-8-16-19)18-12(17-10)13(2,3)4/h7-9H,5-6H2,1-4H3,(H,15,17,18). The highest BCUT2D eigenvalue weighted by Gasteiger charge is 2.19. The summed E-state index contributed by atoms with van der Waals surface area (Å²) in [6.07, 6.45) is 4.18. The summed E-state index contributed by atoms with van der Waals surface area (Å²) in [6, 6.07) is 1.89. The molecule has 0 amide bonds. The van der Waals surface area contributed by atoms with E-state index in [1.165, 1.54) is 6.33 Å². The van der Waals surface area contributed by atoms with Crippen LogP contribution in [0.2, 0.25) is 0 Å². The van der Waals surface area contributed by atoms with Gasteiger partial charge in [-0.25, -0.2) is 19.6 Å². The van der Waals surface area contributed by atoms with Gasteiger partial charge in [-0.1, -0.05) is 27.7 Å². The van der Waals surface area contributed by atoms with Gasteiger partial charge in [-0.2, -0.15) is 5.10 Å². The molecule has 0 atom stereocenters. The van der Waals surface area contributed by atoms with Crippen LogP contribution in [0.1, 0.15) is 39.9 Å². The quantitative estimate of drug-likeness (QED) is 0.912. The van der Waals surface area contributed by atoms with Crippen molar-refractivity contribution >= 4 is 5.82 Å². The average Bonchev–Trinajstić information content (AvgIpc) is 2.89. The maximum atomic E-state index is 4.57. The third-order valence-electron chi connectivity index (χ3n) is 2.59. The number of nitrogens with one attached hydrogen (secondary N) is 1. The zero-order chi connectivity index (χ0) is 13.9. The molecule has 0 aliphatic carbocycles. The Hall–Kier alpha value is -1.98. The first kappa shape index (κ1) is 13.5. The second-order valence-electron chi connectivity index (χ2n) is 5.45. The lowest BCUT2D eigenvalue weighted by molar-refractivity contribution is 0.542. The van der Waals surface area contributed by atoms with Crippen LogP contribution in [0.25, 0.3) is 5.82 Å². The molecule has 0 saturated carbocycles. The van der Waals surface area contributed by atoms with Crippen LogP contribution in [0.3, 0.4) is 0 Å². The van der Waals surface area contributed by atoms with Gasteiger partial charge in [0, 0.05) is 18.0 Å². The fourth-order valence-electron chi connectivity index (χ4n) is 1.56. The summed E-state index contributed by atoms with van der Waals surface area (Å²) < 4.78 is 1.65. The Kier molecular flexibility index (Phi) is 3.78. The van der Waals surface area contributed by atoms with E-state index < -0.39 is 0 Å². The second-order valence-corrected chi connectivity index (χ2v) is 5.45. The molecule has 0 fully saturated rings. The van der Waals surface area contributed by atoms with Gasteiger partial charge in [0.05, 0.1) is 0 Å². The molecule has 0 aliphatic heterocycles. The van der Waals surface area contributed by atoms with E-state index in [1.807, 2.05) is 6.07 Å². The van der Waals surface area contributed by atoms with E-state index in [-0.39, 0.29) is 5.41 Å². The first-order valence-corrected chi connectivity index (χ1v) is 6.49. The minimum absolute atomic E-state index is 0.112. The Morgan fingerprint density at radius 2 is 2.05 bits per heavy atom. The molecule has 1 N–H and O–H groups in total. The van der Waals surface area contributed by atoms with Crippen LogP contribution in [0.4, 0.5) is 5.82 Å². The van der Waals surface area contributed by atoms with Crippen molar-refractivity contribution in [2.24, 2.45) is 0 Å². The van der Waals surface area contributed by atoms with Crippen molar-refractivity contribution in [2.75, 3.05) is 11.9 Å². The molecule has 0 saturated heterocycles. The van der Waals surface area contributed by atoms with Crippen LogP contribution in [0.5, 0.6) is 0 Å². The van der Waals surface area contributed by atoms with Gasteiger partial charge in [-0.15, -0.1) is 0 Å². The molecule has 19 heavy (non-hydrogen) atoms. The number of hydrogen-bond acceptors (Lipinski definition) is 5. The molecule has 0 bridgehead atoms. The molecule has 102 valence electrons. The van der Waals surface area contributed by atoms with E-state index in [0.29, 0.717) is 0 Å². The van der Waals surface area contributed by atoms with Gasteiger partial charge in [0.15, 0.2) is 5.82 Å². The molecule has 0 spiro atoms. The topological polar surface area (TPSA) is 68.5 Å². The lowest BCUT2D eigenvalue weighted by Crippen LogP contribution is -2.19. The maximum absolute atomic E-state index is 4.57. The first-order chi connectivity index (χ1) is 9.00. The van der Waals surface area contributed by atoms with Gasteiger partial charge in [0.25, 0.3) is 0 Å². The molecule has 0 aliphatic rings. The largest absolute Gasteiger partial charge is 0.370 e. The Bertz CT molecular complexity index is 527. The van der Waals surface area contributed by atoms with Crippen molar-refractivity contribution in [1.82, 2.24) is 24.7 Å². The Balaban J connectivity index is 2.43. The van der Waals surface area contributed by atoms with Crippen LogP contribution in [-0.4, -0.2) is 31.3 Å². The minimum atomic E-state index is -0.112. The summed E-state index contributed by atoms with van der Waals surface area (Å²) >= 11 is 0. The van der Waals surface area contributed by atoms with E-state index in [1.54, 1.807) is 11.0 Å². The first-order valence-electron chi connectivity index (χ1n) is 6.49. The molecular weight excluding hydrogens is 240 g/mol. The van der Waals surface area contributed by atoms with E-state index in [2.05, 4.69) is 53.1 Å². The Labute approximate surface area is 113 Å². The molecular formula is C13H20N6. The van der Waals surface area contributed by atoms with E-state index >= 15 is 0 Å². The average molecular weight is 260 g/mol. The monoisotopic (exact) mass is 260 g/mol. The number of nitrogens with zero attached hydrogens (tertiary/aromatic N) is 5. The van der Waals surface area contributed by atoms with E-state index in [9.17, 15) is 0 Å². The normalized spacial score (nSPS) is 11.6. The summed E-state index contributed by atoms with van der Waals surface area (Å²) in [7, 11) is 0. The van der Waals surface area contributed by atoms with Crippen molar-refractivity contribution in [1.29, 1.82) is 0 Å². The van der Waals surface area contributed by atoms with Crippen LogP contribution in [0.15, 0.2) is 18.7 Å². The highest BCUT2D eigenvalue weighted by atomic mass is 15.3. The van der Waals surface area contributed by atoms with Crippen molar-refractivity contribution in [3.63, 3.8) is 0 Å². The third-order valence-corrected chi connectivity index (χ3v) is 2.59. The van der Waals surface area contributed by atoms with Crippen molar-refractivity contribution in [3.8, 4) is 5.82 Å². The molecule has 0 aromatic carbocycles. The summed E-state index contributed by atoms with van der Waals surface area (Å²) in [6.45, 7) is 9.29. The van der Waals surface area contributed by atoms with Crippen LogP contribution < -0.4 is 5.32 Å². The summed E-state index contributed by atoms with van der Waals surface area (Å²) in [5.41, 5.74) is -0.112. The smallest absolute Gasteiger partial charge is 0.161 e. The molecule has 2 aromatic rings.